The highest BCUT2D eigenvalue weighted by molar-refractivity contribution is 5.86. The molecule has 1 aliphatic carbocycles. The molecule has 1 saturated heterocycles. The minimum atomic E-state index is 0.00653. The Labute approximate surface area is 144 Å². The van der Waals surface area contributed by atoms with Crippen molar-refractivity contribution in [2.75, 3.05) is 32.7 Å². The summed E-state index contributed by atoms with van der Waals surface area (Å²) in [4.78, 5) is 28.6. The minimum Gasteiger partial charge on any atom is -0.347 e. The van der Waals surface area contributed by atoms with Crippen LogP contribution in [-0.4, -0.2) is 54.3 Å². The number of hydrogen-bond acceptors (Lipinski definition) is 3. The second kappa shape index (κ2) is 8.29. The molecule has 0 atom stereocenters. The fraction of sp³-hybridized carbons (Fsp3) is 0.579. The molecule has 5 nitrogen and oxygen atoms in total. The summed E-state index contributed by atoms with van der Waals surface area (Å²) in [5.41, 5.74) is 1.13. The lowest BCUT2D eigenvalue weighted by Crippen LogP contribution is -2.43. The molecule has 1 aromatic carbocycles. The van der Waals surface area contributed by atoms with Gasteiger partial charge in [0.25, 0.3) is 0 Å². The van der Waals surface area contributed by atoms with E-state index in [0.717, 1.165) is 38.0 Å². The van der Waals surface area contributed by atoms with Crippen molar-refractivity contribution in [3.63, 3.8) is 0 Å². The summed E-state index contributed by atoms with van der Waals surface area (Å²) in [5.74, 6) is 0.180. The zero-order valence-electron chi connectivity index (χ0n) is 14.2. The van der Waals surface area contributed by atoms with Crippen LogP contribution in [0.4, 0.5) is 0 Å². The summed E-state index contributed by atoms with van der Waals surface area (Å²) < 4.78 is 0. The van der Waals surface area contributed by atoms with E-state index in [0.29, 0.717) is 13.1 Å². The average Bonchev–Trinajstić information content (AvgIpc) is 3.33. The summed E-state index contributed by atoms with van der Waals surface area (Å²) in [5, 5.41) is 2.79. The van der Waals surface area contributed by atoms with E-state index in [-0.39, 0.29) is 24.3 Å². The SMILES string of the molecule is O=C(NCC(=O)N(CCN1CCCC1)Cc1ccccc1)C1CC1. The van der Waals surface area contributed by atoms with E-state index >= 15 is 0 Å². The molecule has 1 N–H and O–H groups in total. The van der Waals surface area contributed by atoms with E-state index < -0.39 is 0 Å². The smallest absolute Gasteiger partial charge is 0.242 e. The van der Waals surface area contributed by atoms with Crippen LogP contribution >= 0.6 is 0 Å². The molecule has 1 saturated carbocycles. The first-order valence-corrected chi connectivity index (χ1v) is 9.04. The van der Waals surface area contributed by atoms with Gasteiger partial charge in [-0.15, -0.1) is 0 Å². The van der Waals surface area contributed by atoms with Gasteiger partial charge >= 0.3 is 0 Å². The van der Waals surface area contributed by atoms with Gasteiger partial charge in [0, 0.05) is 25.6 Å². The van der Waals surface area contributed by atoms with Gasteiger partial charge < -0.3 is 15.1 Å². The molecule has 24 heavy (non-hydrogen) atoms. The van der Waals surface area contributed by atoms with Gasteiger partial charge in [0.05, 0.1) is 6.54 Å². The van der Waals surface area contributed by atoms with Gasteiger partial charge in [-0.05, 0) is 44.3 Å². The van der Waals surface area contributed by atoms with Crippen molar-refractivity contribution < 1.29 is 9.59 Å². The molecular formula is C19H27N3O2. The van der Waals surface area contributed by atoms with Crippen LogP contribution in [0.25, 0.3) is 0 Å². The fourth-order valence-electron chi connectivity index (χ4n) is 3.13. The second-order valence-corrected chi connectivity index (χ2v) is 6.84. The van der Waals surface area contributed by atoms with E-state index in [1.807, 2.05) is 35.2 Å². The van der Waals surface area contributed by atoms with Crippen LogP contribution < -0.4 is 5.32 Å². The van der Waals surface area contributed by atoms with E-state index in [2.05, 4.69) is 10.2 Å². The van der Waals surface area contributed by atoms with Crippen molar-refractivity contribution in [2.24, 2.45) is 5.92 Å². The largest absolute Gasteiger partial charge is 0.347 e. The predicted octanol–water partition coefficient (Wildman–Crippen LogP) is 1.64. The second-order valence-electron chi connectivity index (χ2n) is 6.84. The third kappa shape index (κ3) is 5.06. The van der Waals surface area contributed by atoms with Crippen molar-refractivity contribution in [3.05, 3.63) is 35.9 Å². The maximum Gasteiger partial charge on any atom is 0.242 e. The number of carbonyl (C=O) groups is 2. The predicted molar refractivity (Wildman–Crippen MR) is 93.3 cm³/mol. The molecule has 2 fully saturated rings. The Morgan fingerprint density at radius 1 is 1.12 bits per heavy atom. The first-order valence-electron chi connectivity index (χ1n) is 9.04. The van der Waals surface area contributed by atoms with Gasteiger partial charge in [0.2, 0.25) is 11.8 Å². The minimum absolute atomic E-state index is 0.00653. The van der Waals surface area contributed by atoms with Gasteiger partial charge in [0.1, 0.15) is 0 Å². The van der Waals surface area contributed by atoms with Gasteiger partial charge in [-0.1, -0.05) is 30.3 Å². The molecule has 130 valence electrons. The van der Waals surface area contributed by atoms with E-state index in [9.17, 15) is 9.59 Å². The Kier molecular flexibility index (Phi) is 5.86. The summed E-state index contributed by atoms with van der Waals surface area (Å²) in [6.45, 7) is 4.61. The summed E-state index contributed by atoms with van der Waals surface area (Å²) in [6, 6.07) is 10.0. The summed E-state index contributed by atoms with van der Waals surface area (Å²) in [6.07, 6.45) is 4.43. The normalized spacial score (nSPS) is 17.7. The molecule has 0 radical (unpaired) electrons. The zero-order chi connectivity index (χ0) is 16.8. The van der Waals surface area contributed by atoms with E-state index in [1.54, 1.807) is 0 Å². The first-order chi connectivity index (χ1) is 11.7. The number of amides is 2. The number of rotatable bonds is 8. The van der Waals surface area contributed by atoms with Crippen LogP contribution in [-0.2, 0) is 16.1 Å². The summed E-state index contributed by atoms with van der Waals surface area (Å²) >= 11 is 0. The number of benzene rings is 1. The van der Waals surface area contributed by atoms with Crippen LogP contribution in [0.15, 0.2) is 30.3 Å². The third-order valence-corrected chi connectivity index (χ3v) is 4.82. The van der Waals surface area contributed by atoms with Gasteiger partial charge in [-0.3, -0.25) is 9.59 Å². The molecule has 5 heteroatoms. The third-order valence-electron chi connectivity index (χ3n) is 4.82. The zero-order valence-corrected chi connectivity index (χ0v) is 14.2. The fourth-order valence-corrected chi connectivity index (χ4v) is 3.13. The monoisotopic (exact) mass is 329 g/mol. The average molecular weight is 329 g/mol. The molecule has 0 unspecified atom stereocenters. The summed E-state index contributed by atoms with van der Waals surface area (Å²) in [7, 11) is 0. The topological polar surface area (TPSA) is 52.7 Å². The standard InChI is InChI=1S/C19H27N3O2/c23-18(14-20-19(24)17-8-9-17)22(13-12-21-10-4-5-11-21)15-16-6-2-1-3-7-16/h1-3,6-7,17H,4-5,8-15H2,(H,20,24). The number of nitrogens with zero attached hydrogens (tertiary/aromatic N) is 2. The highest BCUT2D eigenvalue weighted by atomic mass is 16.2. The molecule has 2 amide bonds. The van der Waals surface area contributed by atoms with Gasteiger partial charge in [-0.2, -0.15) is 0 Å². The number of likely N-dealkylation sites (tertiary alicyclic amines) is 1. The molecule has 0 bridgehead atoms. The van der Waals surface area contributed by atoms with Crippen LogP contribution in [0.5, 0.6) is 0 Å². The lowest BCUT2D eigenvalue weighted by molar-refractivity contribution is -0.133. The van der Waals surface area contributed by atoms with Crippen molar-refractivity contribution in [2.45, 2.75) is 32.2 Å². The molecular weight excluding hydrogens is 302 g/mol. The molecule has 3 rings (SSSR count). The van der Waals surface area contributed by atoms with Crippen molar-refractivity contribution in [3.8, 4) is 0 Å². The Bertz CT molecular complexity index is 551. The Balaban J connectivity index is 1.54. The van der Waals surface area contributed by atoms with Crippen LogP contribution in [0.2, 0.25) is 0 Å². The first kappa shape index (κ1) is 17.0. The highest BCUT2D eigenvalue weighted by Crippen LogP contribution is 2.28. The molecule has 1 heterocycles. The van der Waals surface area contributed by atoms with Crippen LogP contribution in [0.3, 0.4) is 0 Å². The van der Waals surface area contributed by atoms with E-state index in [4.69, 9.17) is 0 Å². The van der Waals surface area contributed by atoms with E-state index in [1.165, 1.54) is 12.8 Å². The van der Waals surface area contributed by atoms with Gasteiger partial charge in [-0.25, -0.2) is 0 Å². The lowest BCUT2D eigenvalue weighted by Gasteiger charge is -2.26. The lowest BCUT2D eigenvalue weighted by atomic mass is 10.2. The van der Waals surface area contributed by atoms with Gasteiger partial charge in [0.15, 0.2) is 0 Å². The molecule has 2 aliphatic rings. The Hall–Kier alpha value is -1.88. The number of nitrogens with one attached hydrogen (secondary N) is 1. The maximum absolute atomic E-state index is 12.6. The van der Waals surface area contributed by atoms with Crippen molar-refractivity contribution >= 4 is 11.8 Å². The van der Waals surface area contributed by atoms with Crippen molar-refractivity contribution in [1.82, 2.24) is 15.1 Å². The van der Waals surface area contributed by atoms with Crippen molar-refractivity contribution in [1.29, 1.82) is 0 Å². The van der Waals surface area contributed by atoms with Crippen LogP contribution in [0, 0.1) is 5.92 Å². The Morgan fingerprint density at radius 2 is 1.83 bits per heavy atom. The molecule has 0 spiro atoms. The molecule has 1 aliphatic heterocycles. The Morgan fingerprint density at radius 3 is 2.50 bits per heavy atom. The molecule has 1 aromatic rings. The van der Waals surface area contributed by atoms with Crippen LogP contribution in [0.1, 0.15) is 31.2 Å². The number of hydrogen-bond donors (Lipinski definition) is 1. The molecule has 0 aromatic heterocycles. The number of carbonyl (C=O) groups excluding carboxylic acids is 2. The highest BCUT2D eigenvalue weighted by Gasteiger charge is 2.30. The maximum atomic E-state index is 12.6. The quantitative estimate of drug-likeness (QED) is 0.789.